The Hall–Kier alpha value is -2.38. The van der Waals surface area contributed by atoms with E-state index >= 15 is 0 Å². The molecule has 118 valence electrons. The van der Waals surface area contributed by atoms with Gasteiger partial charge in [-0.25, -0.2) is 0 Å². The monoisotopic (exact) mass is 308 g/mol. The number of hydrogen-bond acceptors (Lipinski definition) is 3. The number of hydrogen-bond donors (Lipinski definition) is 1. The van der Waals surface area contributed by atoms with E-state index in [0.29, 0.717) is 18.3 Å². The summed E-state index contributed by atoms with van der Waals surface area (Å²) in [6.45, 7) is 2.33. The van der Waals surface area contributed by atoms with Crippen molar-refractivity contribution in [3.8, 4) is 17.2 Å². The molecule has 4 nitrogen and oxygen atoms in total. The number of aromatic amines is 1. The first-order valence-corrected chi connectivity index (χ1v) is 8.03. The molecule has 1 heterocycles. The molecule has 4 heteroatoms. The third kappa shape index (κ3) is 3.35. The van der Waals surface area contributed by atoms with Crippen LogP contribution in [0.15, 0.2) is 35.1 Å². The largest absolute Gasteiger partial charge is 0.374 e. The van der Waals surface area contributed by atoms with Crippen molar-refractivity contribution in [1.82, 2.24) is 4.98 Å². The van der Waals surface area contributed by atoms with Gasteiger partial charge in [0.25, 0.3) is 5.56 Å². The van der Waals surface area contributed by atoms with Crippen LogP contribution in [0.25, 0.3) is 11.1 Å². The second-order valence-electron chi connectivity index (χ2n) is 6.06. The number of H-pyrrole nitrogens is 1. The van der Waals surface area contributed by atoms with Crippen LogP contribution in [0.3, 0.4) is 0 Å². The minimum Gasteiger partial charge on any atom is -0.374 e. The average molecular weight is 308 g/mol. The molecule has 1 aliphatic rings. The van der Waals surface area contributed by atoms with E-state index in [0.717, 1.165) is 29.7 Å². The molecule has 1 aliphatic carbocycles. The predicted octanol–water partition coefficient (Wildman–Crippen LogP) is 3.68. The molecule has 1 N–H and O–H groups in total. The molecule has 3 rings (SSSR count). The number of nitrogens with zero attached hydrogens (tertiary/aromatic N) is 1. The van der Waals surface area contributed by atoms with Crippen molar-refractivity contribution in [2.24, 2.45) is 0 Å². The highest BCUT2D eigenvalue weighted by molar-refractivity contribution is 5.73. The van der Waals surface area contributed by atoms with Crippen LogP contribution in [0.2, 0.25) is 0 Å². The van der Waals surface area contributed by atoms with E-state index in [1.807, 2.05) is 43.3 Å². The lowest BCUT2D eigenvalue weighted by Gasteiger charge is -2.15. The van der Waals surface area contributed by atoms with Gasteiger partial charge in [-0.3, -0.25) is 4.79 Å². The molecule has 0 spiro atoms. The second-order valence-corrected chi connectivity index (χ2v) is 6.06. The first-order chi connectivity index (χ1) is 11.2. The Balaban J connectivity index is 1.97. The Morgan fingerprint density at radius 2 is 2.00 bits per heavy atom. The maximum absolute atomic E-state index is 12.0. The lowest BCUT2D eigenvalue weighted by molar-refractivity contribution is 0.0459. The molecule has 0 amide bonds. The molecule has 2 aromatic rings. The number of nitriles is 1. The Morgan fingerprint density at radius 3 is 2.74 bits per heavy atom. The van der Waals surface area contributed by atoms with E-state index in [2.05, 4.69) is 4.98 Å². The number of aryl methyl sites for hydroxylation is 1. The Labute approximate surface area is 135 Å². The van der Waals surface area contributed by atoms with Crippen LogP contribution in [0.4, 0.5) is 0 Å². The zero-order valence-corrected chi connectivity index (χ0v) is 13.3. The predicted molar refractivity (Wildman–Crippen MR) is 89.0 cm³/mol. The molecule has 0 unspecified atom stereocenters. The van der Waals surface area contributed by atoms with Crippen LogP contribution in [0, 0.1) is 18.3 Å². The standard InChI is InChI=1S/C19H20N2O2/c1-13-10-17(18(11-20)19(22)21-13)16-9-5-2-6-14(16)12-23-15-7-3-4-8-15/h2,5-6,9-10,15H,3-4,7-8,12H2,1H3,(H,21,22). The third-order valence-electron chi connectivity index (χ3n) is 4.36. The summed E-state index contributed by atoms with van der Waals surface area (Å²) < 4.78 is 6.02. The fraction of sp³-hybridized carbons (Fsp3) is 0.368. The number of ether oxygens (including phenoxy) is 1. The van der Waals surface area contributed by atoms with Crippen LogP contribution in [0.5, 0.6) is 0 Å². The molecular weight excluding hydrogens is 288 g/mol. The van der Waals surface area contributed by atoms with E-state index in [1.165, 1.54) is 12.8 Å². The highest BCUT2D eigenvalue weighted by Crippen LogP contribution is 2.28. The first kappa shape index (κ1) is 15.5. The molecule has 0 bridgehead atoms. The first-order valence-electron chi connectivity index (χ1n) is 8.03. The van der Waals surface area contributed by atoms with Crippen molar-refractivity contribution in [2.45, 2.75) is 45.3 Å². The summed E-state index contributed by atoms with van der Waals surface area (Å²) in [5.74, 6) is 0. The maximum Gasteiger partial charge on any atom is 0.266 e. The van der Waals surface area contributed by atoms with Crippen LogP contribution < -0.4 is 5.56 Å². The summed E-state index contributed by atoms with van der Waals surface area (Å²) in [5, 5.41) is 9.34. The van der Waals surface area contributed by atoms with Gasteiger partial charge in [0, 0.05) is 11.3 Å². The van der Waals surface area contributed by atoms with Crippen LogP contribution in [-0.2, 0) is 11.3 Å². The van der Waals surface area contributed by atoms with Gasteiger partial charge in [0.15, 0.2) is 0 Å². The van der Waals surface area contributed by atoms with Gasteiger partial charge in [0.05, 0.1) is 12.7 Å². The lowest BCUT2D eigenvalue weighted by Crippen LogP contribution is -2.13. The smallest absolute Gasteiger partial charge is 0.266 e. The normalized spacial score (nSPS) is 14.8. The molecule has 1 saturated carbocycles. The van der Waals surface area contributed by atoms with Crippen LogP contribution in [-0.4, -0.2) is 11.1 Å². The summed E-state index contributed by atoms with van der Waals surface area (Å²) >= 11 is 0. The van der Waals surface area contributed by atoms with Gasteiger partial charge in [-0.15, -0.1) is 0 Å². The van der Waals surface area contributed by atoms with Gasteiger partial charge < -0.3 is 9.72 Å². The molecule has 1 aromatic heterocycles. The molecule has 0 aliphatic heterocycles. The van der Waals surface area contributed by atoms with Gasteiger partial charge >= 0.3 is 0 Å². The van der Waals surface area contributed by atoms with E-state index in [1.54, 1.807) is 0 Å². The quantitative estimate of drug-likeness (QED) is 0.937. The molecule has 1 aromatic carbocycles. The van der Waals surface area contributed by atoms with Crippen molar-refractivity contribution >= 4 is 0 Å². The zero-order chi connectivity index (χ0) is 16.2. The molecular formula is C19H20N2O2. The fourth-order valence-corrected chi connectivity index (χ4v) is 3.18. The minimum absolute atomic E-state index is 0.156. The van der Waals surface area contributed by atoms with Gasteiger partial charge in [0.2, 0.25) is 0 Å². The van der Waals surface area contributed by atoms with Crippen molar-refractivity contribution in [3.05, 3.63) is 57.5 Å². The van der Waals surface area contributed by atoms with E-state index in [-0.39, 0.29) is 11.1 Å². The van der Waals surface area contributed by atoms with Gasteiger partial charge in [-0.2, -0.15) is 5.26 Å². The van der Waals surface area contributed by atoms with Crippen molar-refractivity contribution < 1.29 is 4.74 Å². The van der Waals surface area contributed by atoms with E-state index in [9.17, 15) is 10.1 Å². The molecule has 0 atom stereocenters. The second kappa shape index (κ2) is 6.80. The Morgan fingerprint density at radius 1 is 1.26 bits per heavy atom. The van der Waals surface area contributed by atoms with E-state index in [4.69, 9.17) is 4.74 Å². The van der Waals surface area contributed by atoms with Crippen molar-refractivity contribution in [2.75, 3.05) is 0 Å². The minimum atomic E-state index is -0.339. The topological polar surface area (TPSA) is 65.9 Å². The maximum atomic E-state index is 12.0. The average Bonchev–Trinajstić information content (AvgIpc) is 3.06. The molecule has 23 heavy (non-hydrogen) atoms. The SMILES string of the molecule is Cc1cc(-c2ccccc2COC2CCCC2)c(C#N)c(=O)[nH]1. The zero-order valence-electron chi connectivity index (χ0n) is 13.3. The Kier molecular flexibility index (Phi) is 4.59. The van der Waals surface area contributed by atoms with Crippen molar-refractivity contribution in [1.29, 1.82) is 5.26 Å². The number of aromatic nitrogens is 1. The summed E-state index contributed by atoms with van der Waals surface area (Å²) in [4.78, 5) is 14.7. The van der Waals surface area contributed by atoms with Crippen LogP contribution in [0.1, 0.15) is 42.5 Å². The summed E-state index contributed by atoms with van der Waals surface area (Å²) in [5.41, 5.74) is 3.16. The fourth-order valence-electron chi connectivity index (χ4n) is 3.18. The molecule has 1 fully saturated rings. The molecule has 0 radical (unpaired) electrons. The van der Waals surface area contributed by atoms with E-state index < -0.39 is 0 Å². The Bertz CT molecular complexity index is 796. The third-order valence-corrected chi connectivity index (χ3v) is 4.36. The van der Waals surface area contributed by atoms with Gasteiger partial charge in [0.1, 0.15) is 11.6 Å². The highest BCUT2D eigenvalue weighted by Gasteiger charge is 2.17. The summed E-state index contributed by atoms with van der Waals surface area (Å²) in [7, 11) is 0. The number of rotatable bonds is 4. The van der Waals surface area contributed by atoms with Gasteiger partial charge in [-0.1, -0.05) is 37.1 Å². The van der Waals surface area contributed by atoms with Crippen LogP contribution >= 0.6 is 0 Å². The lowest BCUT2D eigenvalue weighted by atomic mass is 9.96. The molecule has 0 saturated heterocycles. The summed E-state index contributed by atoms with van der Waals surface area (Å²) in [6, 6.07) is 11.7. The number of nitrogens with one attached hydrogen (secondary N) is 1. The number of benzene rings is 1. The summed E-state index contributed by atoms with van der Waals surface area (Å²) in [6.07, 6.45) is 5.04. The highest BCUT2D eigenvalue weighted by atomic mass is 16.5. The van der Waals surface area contributed by atoms with Gasteiger partial charge in [-0.05, 0) is 37.0 Å². The van der Waals surface area contributed by atoms with Crippen molar-refractivity contribution in [3.63, 3.8) is 0 Å². The number of pyridine rings is 1.